The Morgan fingerprint density at radius 2 is 1.36 bits per heavy atom. The van der Waals surface area contributed by atoms with E-state index in [9.17, 15) is 9.59 Å². The van der Waals surface area contributed by atoms with E-state index in [1.54, 1.807) is 0 Å². The Kier molecular flexibility index (Phi) is 7.37. The average molecular weight is 304 g/mol. The molecule has 0 aliphatic carbocycles. The van der Waals surface area contributed by atoms with Crippen molar-refractivity contribution in [3.8, 4) is 0 Å². The Hall–Kier alpha value is -2.10. The quantitative estimate of drug-likeness (QED) is 0.335. The largest absolute Gasteiger partial charge is 0.462 e. The van der Waals surface area contributed by atoms with Crippen molar-refractivity contribution in [2.75, 3.05) is 13.2 Å². The molecule has 0 aromatic heterocycles. The van der Waals surface area contributed by atoms with E-state index in [4.69, 9.17) is 9.47 Å². The highest BCUT2D eigenvalue weighted by Crippen LogP contribution is 2.12. The van der Waals surface area contributed by atoms with Gasteiger partial charge in [-0.15, -0.1) is 0 Å². The molecule has 1 rings (SSSR count). The maximum atomic E-state index is 12.1. The maximum absolute atomic E-state index is 12.1. The SMILES string of the molecule is CC(C)COC(=O)C(=Cc1ccccc1)C(=O)OCC(C)C. The summed E-state index contributed by atoms with van der Waals surface area (Å²) in [5.41, 5.74) is 0.674. The van der Waals surface area contributed by atoms with Crippen LogP contribution in [0, 0.1) is 11.8 Å². The van der Waals surface area contributed by atoms with Crippen molar-refractivity contribution in [1.82, 2.24) is 0 Å². The molecule has 4 heteroatoms. The molecule has 0 radical (unpaired) electrons. The van der Waals surface area contributed by atoms with E-state index >= 15 is 0 Å². The van der Waals surface area contributed by atoms with Crippen molar-refractivity contribution in [1.29, 1.82) is 0 Å². The Morgan fingerprint density at radius 1 is 0.909 bits per heavy atom. The molecule has 22 heavy (non-hydrogen) atoms. The molecule has 0 spiro atoms. The molecule has 0 saturated carbocycles. The lowest BCUT2D eigenvalue weighted by Gasteiger charge is -2.11. The fourth-order valence-corrected chi connectivity index (χ4v) is 1.56. The van der Waals surface area contributed by atoms with Crippen molar-refractivity contribution in [3.63, 3.8) is 0 Å². The molecule has 0 bridgehead atoms. The van der Waals surface area contributed by atoms with E-state index in [0.717, 1.165) is 5.56 Å². The first-order valence-corrected chi connectivity index (χ1v) is 7.51. The lowest BCUT2D eigenvalue weighted by molar-refractivity contribution is -0.148. The standard InChI is InChI=1S/C18H24O4/c1-13(2)11-21-17(19)16(18(20)22-12-14(3)4)10-15-8-6-5-7-9-15/h5-10,13-14H,11-12H2,1-4H3. The number of carbonyl (C=O) groups excluding carboxylic acids is 2. The molecular formula is C18H24O4. The second-order valence-electron chi connectivity index (χ2n) is 5.95. The molecule has 0 N–H and O–H groups in total. The minimum atomic E-state index is -0.647. The number of rotatable bonds is 7. The Bertz CT molecular complexity index is 489. The lowest BCUT2D eigenvalue weighted by Crippen LogP contribution is -2.21. The molecule has 0 aliphatic heterocycles. The number of hydrogen-bond acceptors (Lipinski definition) is 4. The Morgan fingerprint density at radius 3 is 1.77 bits per heavy atom. The van der Waals surface area contributed by atoms with Gasteiger partial charge in [-0.3, -0.25) is 0 Å². The highest BCUT2D eigenvalue weighted by Gasteiger charge is 2.22. The smallest absolute Gasteiger partial charge is 0.345 e. The molecule has 0 fully saturated rings. The van der Waals surface area contributed by atoms with Gasteiger partial charge in [0.2, 0.25) is 0 Å². The van der Waals surface area contributed by atoms with Gasteiger partial charge in [0.25, 0.3) is 0 Å². The fraction of sp³-hybridized carbons (Fsp3) is 0.444. The van der Waals surface area contributed by atoms with Crippen LogP contribution in [0.3, 0.4) is 0 Å². The fourth-order valence-electron chi connectivity index (χ4n) is 1.56. The van der Waals surface area contributed by atoms with Gasteiger partial charge in [0.1, 0.15) is 5.57 Å². The number of benzene rings is 1. The summed E-state index contributed by atoms with van der Waals surface area (Å²) in [6, 6.07) is 9.16. The average Bonchev–Trinajstić information content (AvgIpc) is 2.48. The van der Waals surface area contributed by atoms with Gasteiger partial charge in [0, 0.05) is 0 Å². The molecule has 0 unspecified atom stereocenters. The summed E-state index contributed by atoms with van der Waals surface area (Å²) < 4.78 is 10.3. The lowest BCUT2D eigenvalue weighted by atomic mass is 10.1. The van der Waals surface area contributed by atoms with E-state index in [0.29, 0.717) is 0 Å². The van der Waals surface area contributed by atoms with Crippen LogP contribution in [-0.4, -0.2) is 25.2 Å². The molecule has 120 valence electrons. The summed E-state index contributed by atoms with van der Waals surface area (Å²) in [5.74, 6) is -0.889. The van der Waals surface area contributed by atoms with Crippen molar-refractivity contribution < 1.29 is 19.1 Å². The van der Waals surface area contributed by atoms with Crippen LogP contribution >= 0.6 is 0 Å². The molecule has 0 amide bonds. The maximum Gasteiger partial charge on any atom is 0.345 e. The van der Waals surface area contributed by atoms with E-state index < -0.39 is 11.9 Å². The van der Waals surface area contributed by atoms with Crippen LogP contribution in [0.25, 0.3) is 6.08 Å². The van der Waals surface area contributed by atoms with Gasteiger partial charge in [0.05, 0.1) is 13.2 Å². The predicted octanol–water partition coefficient (Wildman–Crippen LogP) is 3.47. The third kappa shape index (κ3) is 6.57. The van der Waals surface area contributed by atoms with Gasteiger partial charge >= 0.3 is 11.9 Å². The molecule has 0 atom stereocenters. The first kappa shape index (κ1) is 18.0. The second-order valence-corrected chi connectivity index (χ2v) is 5.95. The molecule has 0 saturated heterocycles. The summed E-state index contributed by atoms with van der Waals surface area (Å²) >= 11 is 0. The highest BCUT2D eigenvalue weighted by atomic mass is 16.6. The molecular weight excluding hydrogens is 280 g/mol. The summed E-state index contributed by atoms with van der Waals surface area (Å²) in [5, 5.41) is 0. The predicted molar refractivity (Wildman–Crippen MR) is 86.0 cm³/mol. The monoisotopic (exact) mass is 304 g/mol. The normalized spacial score (nSPS) is 10.5. The van der Waals surface area contributed by atoms with Crippen molar-refractivity contribution in [2.24, 2.45) is 11.8 Å². The Balaban J connectivity index is 2.92. The topological polar surface area (TPSA) is 52.6 Å². The first-order valence-electron chi connectivity index (χ1n) is 7.51. The van der Waals surface area contributed by atoms with Crippen LogP contribution in [0.15, 0.2) is 35.9 Å². The molecule has 4 nitrogen and oxygen atoms in total. The molecule has 1 aromatic rings. The zero-order valence-corrected chi connectivity index (χ0v) is 13.7. The number of hydrogen-bond donors (Lipinski definition) is 0. The summed E-state index contributed by atoms with van der Waals surface area (Å²) in [7, 11) is 0. The third-order valence-electron chi connectivity index (χ3n) is 2.65. The third-order valence-corrected chi connectivity index (χ3v) is 2.65. The van der Waals surface area contributed by atoms with E-state index in [-0.39, 0.29) is 30.6 Å². The van der Waals surface area contributed by atoms with E-state index in [1.807, 2.05) is 58.0 Å². The first-order chi connectivity index (χ1) is 10.4. The zero-order chi connectivity index (χ0) is 16.5. The summed E-state index contributed by atoms with van der Waals surface area (Å²) in [6.07, 6.45) is 1.51. The van der Waals surface area contributed by atoms with Gasteiger partial charge in [-0.05, 0) is 23.5 Å². The number of carbonyl (C=O) groups is 2. The molecule has 1 aromatic carbocycles. The molecule has 0 heterocycles. The van der Waals surface area contributed by atoms with Crippen molar-refractivity contribution >= 4 is 18.0 Å². The summed E-state index contributed by atoms with van der Waals surface area (Å²) in [4.78, 5) is 24.3. The zero-order valence-electron chi connectivity index (χ0n) is 13.7. The summed E-state index contributed by atoms with van der Waals surface area (Å²) in [6.45, 7) is 8.27. The van der Waals surface area contributed by atoms with Crippen LogP contribution in [0.1, 0.15) is 33.3 Å². The van der Waals surface area contributed by atoms with Gasteiger partial charge in [-0.1, -0.05) is 58.0 Å². The van der Waals surface area contributed by atoms with Gasteiger partial charge in [-0.2, -0.15) is 0 Å². The van der Waals surface area contributed by atoms with E-state index in [2.05, 4.69) is 0 Å². The Labute approximate surface area is 132 Å². The minimum Gasteiger partial charge on any atom is -0.462 e. The second kappa shape index (κ2) is 9.03. The van der Waals surface area contributed by atoms with Gasteiger partial charge in [-0.25, -0.2) is 9.59 Å². The number of esters is 2. The van der Waals surface area contributed by atoms with Crippen LogP contribution in [0.2, 0.25) is 0 Å². The van der Waals surface area contributed by atoms with Crippen LogP contribution in [0.4, 0.5) is 0 Å². The highest BCUT2D eigenvalue weighted by molar-refractivity contribution is 6.17. The van der Waals surface area contributed by atoms with Crippen LogP contribution < -0.4 is 0 Å². The van der Waals surface area contributed by atoms with Crippen LogP contribution in [-0.2, 0) is 19.1 Å². The van der Waals surface area contributed by atoms with Crippen LogP contribution in [0.5, 0.6) is 0 Å². The number of ether oxygens (including phenoxy) is 2. The van der Waals surface area contributed by atoms with Gasteiger partial charge < -0.3 is 9.47 Å². The van der Waals surface area contributed by atoms with Crippen molar-refractivity contribution in [2.45, 2.75) is 27.7 Å². The van der Waals surface area contributed by atoms with E-state index in [1.165, 1.54) is 6.08 Å². The van der Waals surface area contributed by atoms with Crippen molar-refractivity contribution in [3.05, 3.63) is 41.5 Å². The minimum absolute atomic E-state index is 0.0764. The molecule has 0 aliphatic rings. The van der Waals surface area contributed by atoms with Gasteiger partial charge in [0.15, 0.2) is 0 Å².